The molecule has 0 aromatic carbocycles. The lowest BCUT2D eigenvalue weighted by molar-refractivity contribution is 0.0900. The molecule has 0 saturated carbocycles. The Morgan fingerprint density at radius 1 is 1.37 bits per heavy atom. The van der Waals surface area contributed by atoms with E-state index in [-0.39, 0.29) is 16.2 Å². The van der Waals surface area contributed by atoms with Crippen LogP contribution in [0.2, 0.25) is 10.3 Å². The van der Waals surface area contributed by atoms with Gasteiger partial charge in [0, 0.05) is 13.1 Å². The molecule has 106 valence electrons. The van der Waals surface area contributed by atoms with Gasteiger partial charge in [0.15, 0.2) is 0 Å². The number of pyridine rings is 1. The highest BCUT2D eigenvalue weighted by Crippen LogP contribution is 2.16. The van der Waals surface area contributed by atoms with E-state index in [0.717, 1.165) is 6.54 Å². The predicted octanol–water partition coefficient (Wildman–Crippen LogP) is 1.70. The van der Waals surface area contributed by atoms with Crippen LogP contribution >= 0.6 is 23.2 Å². The van der Waals surface area contributed by atoms with Crippen LogP contribution in [0.25, 0.3) is 0 Å². The molecule has 1 amide bonds. The Bertz CT molecular complexity index is 427. The Morgan fingerprint density at radius 2 is 2.11 bits per heavy atom. The van der Waals surface area contributed by atoms with Crippen molar-refractivity contribution in [2.75, 3.05) is 40.4 Å². The van der Waals surface area contributed by atoms with Gasteiger partial charge in [-0.05, 0) is 26.2 Å². The summed E-state index contributed by atoms with van der Waals surface area (Å²) in [5.74, 6) is -0.287. The van der Waals surface area contributed by atoms with Gasteiger partial charge < -0.3 is 15.0 Å². The largest absolute Gasteiger partial charge is 0.378 e. The van der Waals surface area contributed by atoms with Crippen LogP contribution in [0.5, 0.6) is 0 Å². The molecule has 1 aromatic rings. The van der Waals surface area contributed by atoms with Crippen molar-refractivity contribution in [2.45, 2.75) is 0 Å². The molecule has 0 spiro atoms. The number of nitrogens with zero attached hydrogens (tertiary/aromatic N) is 2. The summed E-state index contributed by atoms with van der Waals surface area (Å²) in [6, 6.07) is 3.07. The Labute approximate surface area is 122 Å². The summed E-state index contributed by atoms with van der Waals surface area (Å²) in [6.07, 6.45) is 0. The van der Waals surface area contributed by atoms with Crippen molar-refractivity contribution < 1.29 is 9.53 Å². The summed E-state index contributed by atoms with van der Waals surface area (Å²) in [7, 11) is 3.95. The quantitative estimate of drug-likeness (QED) is 0.615. The third kappa shape index (κ3) is 6.20. The van der Waals surface area contributed by atoms with E-state index in [1.807, 2.05) is 19.0 Å². The molecule has 0 aliphatic heterocycles. The minimum atomic E-state index is -0.287. The second-order valence-corrected chi connectivity index (χ2v) is 4.89. The van der Waals surface area contributed by atoms with Gasteiger partial charge in [-0.3, -0.25) is 4.79 Å². The number of carbonyl (C=O) groups excluding carboxylic acids is 1. The van der Waals surface area contributed by atoms with Crippen LogP contribution in [-0.2, 0) is 4.74 Å². The highest BCUT2D eigenvalue weighted by molar-refractivity contribution is 6.34. The molecule has 1 heterocycles. The van der Waals surface area contributed by atoms with Crippen molar-refractivity contribution in [2.24, 2.45) is 0 Å². The first-order valence-corrected chi connectivity index (χ1v) is 6.59. The van der Waals surface area contributed by atoms with Crippen molar-refractivity contribution in [1.29, 1.82) is 0 Å². The molecule has 1 rings (SSSR count). The molecule has 0 unspecified atom stereocenters. The monoisotopic (exact) mass is 305 g/mol. The number of carbonyl (C=O) groups is 1. The topological polar surface area (TPSA) is 54.5 Å². The number of likely N-dealkylation sites (N-methyl/N-ethyl adjacent to an activating group) is 1. The molecule has 0 radical (unpaired) electrons. The zero-order valence-electron chi connectivity index (χ0n) is 10.9. The predicted molar refractivity (Wildman–Crippen MR) is 76.0 cm³/mol. The van der Waals surface area contributed by atoms with Crippen molar-refractivity contribution >= 4 is 29.1 Å². The van der Waals surface area contributed by atoms with E-state index in [1.165, 1.54) is 6.07 Å². The summed E-state index contributed by atoms with van der Waals surface area (Å²) >= 11 is 11.5. The number of hydrogen-bond acceptors (Lipinski definition) is 4. The van der Waals surface area contributed by atoms with Gasteiger partial charge in [0.1, 0.15) is 10.3 Å². The maximum Gasteiger partial charge on any atom is 0.254 e. The Balaban J connectivity index is 2.28. The van der Waals surface area contributed by atoms with Crippen LogP contribution in [0.4, 0.5) is 0 Å². The summed E-state index contributed by atoms with van der Waals surface area (Å²) in [5.41, 5.74) is 0.305. The van der Waals surface area contributed by atoms with Crippen LogP contribution in [0.15, 0.2) is 12.1 Å². The summed E-state index contributed by atoms with van der Waals surface area (Å²) in [4.78, 5) is 17.6. The minimum absolute atomic E-state index is 0.0959. The third-order valence-corrected chi connectivity index (χ3v) is 2.77. The zero-order valence-corrected chi connectivity index (χ0v) is 12.5. The van der Waals surface area contributed by atoms with Gasteiger partial charge in [-0.1, -0.05) is 23.2 Å². The Morgan fingerprint density at radius 3 is 2.74 bits per heavy atom. The number of aromatic nitrogens is 1. The first-order valence-electron chi connectivity index (χ1n) is 5.83. The molecule has 0 aliphatic carbocycles. The average Bonchev–Trinajstić information content (AvgIpc) is 2.32. The second kappa shape index (κ2) is 8.32. The molecular formula is C12H17Cl2N3O2. The van der Waals surface area contributed by atoms with E-state index in [9.17, 15) is 4.79 Å². The first kappa shape index (κ1) is 16.2. The summed E-state index contributed by atoms with van der Waals surface area (Å²) in [5, 5.41) is 3.06. The van der Waals surface area contributed by atoms with Crippen LogP contribution < -0.4 is 5.32 Å². The molecule has 0 atom stereocenters. The number of ether oxygens (including phenoxy) is 1. The molecule has 19 heavy (non-hydrogen) atoms. The number of rotatable bonds is 7. The average molecular weight is 306 g/mol. The minimum Gasteiger partial charge on any atom is -0.378 e. The van der Waals surface area contributed by atoms with E-state index in [2.05, 4.69) is 10.3 Å². The fourth-order valence-electron chi connectivity index (χ4n) is 1.26. The molecule has 1 N–H and O–H groups in total. The molecule has 7 heteroatoms. The van der Waals surface area contributed by atoms with Crippen LogP contribution in [0, 0.1) is 0 Å². The Hall–Kier alpha value is -0.880. The third-order valence-electron chi connectivity index (χ3n) is 2.27. The zero-order chi connectivity index (χ0) is 14.3. The second-order valence-electron chi connectivity index (χ2n) is 4.14. The van der Waals surface area contributed by atoms with E-state index >= 15 is 0 Å². The molecule has 1 aromatic heterocycles. The number of halogens is 2. The van der Waals surface area contributed by atoms with E-state index in [0.29, 0.717) is 25.3 Å². The van der Waals surface area contributed by atoms with Crippen LogP contribution in [-0.4, -0.2) is 56.2 Å². The van der Waals surface area contributed by atoms with Gasteiger partial charge in [-0.15, -0.1) is 0 Å². The smallest absolute Gasteiger partial charge is 0.254 e. The van der Waals surface area contributed by atoms with Crippen molar-refractivity contribution in [1.82, 2.24) is 15.2 Å². The van der Waals surface area contributed by atoms with Gasteiger partial charge >= 0.3 is 0 Å². The lowest BCUT2D eigenvalue weighted by atomic mass is 10.2. The van der Waals surface area contributed by atoms with Gasteiger partial charge in [0.2, 0.25) is 0 Å². The van der Waals surface area contributed by atoms with E-state index in [1.54, 1.807) is 6.07 Å². The fourth-order valence-corrected chi connectivity index (χ4v) is 1.69. The van der Waals surface area contributed by atoms with Gasteiger partial charge in [-0.25, -0.2) is 4.98 Å². The van der Waals surface area contributed by atoms with Crippen LogP contribution in [0.1, 0.15) is 10.4 Å². The Kier molecular flexibility index (Phi) is 7.09. The standard InChI is InChI=1S/C12H17Cl2N3O2/c1-17(2)6-8-19-7-5-15-12(18)9-3-4-10(13)16-11(9)14/h3-4H,5-8H2,1-2H3,(H,15,18). The van der Waals surface area contributed by atoms with Gasteiger partial charge in [0.25, 0.3) is 5.91 Å². The van der Waals surface area contributed by atoms with E-state index in [4.69, 9.17) is 27.9 Å². The van der Waals surface area contributed by atoms with Crippen LogP contribution in [0.3, 0.4) is 0 Å². The normalized spacial score (nSPS) is 10.8. The highest BCUT2D eigenvalue weighted by atomic mass is 35.5. The SMILES string of the molecule is CN(C)CCOCCNC(=O)c1ccc(Cl)nc1Cl. The van der Waals surface area contributed by atoms with Crippen molar-refractivity contribution in [3.8, 4) is 0 Å². The molecule has 0 fully saturated rings. The highest BCUT2D eigenvalue weighted by Gasteiger charge is 2.11. The molecule has 5 nitrogen and oxygen atoms in total. The molecule has 0 bridgehead atoms. The summed E-state index contributed by atoms with van der Waals surface area (Å²) in [6.45, 7) is 2.36. The van der Waals surface area contributed by atoms with Gasteiger partial charge in [-0.2, -0.15) is 0 Å². The first-order chi connectivity index (χ1) is 9.00. The lowest BCUT2D eigenvalue weighted by Gasteiger charge is -2.10. The molecule has 0 saturated heterocycles. The maximum absolute atomic E-state index is 11.8. The number of nitrogens with one attached hydrogen (secondary N) is 1. The summed E-state index contributed by atoms with van der Waals surface area (Å²) < 4.78 is 5.35. The van der Waals surface area contributed by atoms with Crippen molar-refractivity contribution in [3.05, 3.63) is 28.0 Å². The number of amides is 1. The van der Waals surface area contributed by atoms with Crippen molar-refractivity contribution in [3.63, 3.8) is 0 Å². The lowest BCUT2D eigenvalue weighted by Crippen LogP contribution is -2.28. The maximum atomic E-state index is 11.8. The van der Waals surface area contributed by atoms with E-state index < -0.39 is 0 Å². The number of hydrogen-bond donors (Lipinski definition) is 1. The molecular weight excluding hydrogens is 289 g/mol. The van der Waals surface area contributed by atoms with Gasteiger partial charge in [0.05, 0.1) is 18.8 Å². The fraction of sp³-hybridized carbons (Fsp3) is 0.500. The molecule has 0 aliphatic rings.